The topological polar surface area (TPSA) is 108 Å². The van der Waals surface area contributed by atoms with Crippen LogP contribution in [0, 0.1) is 0 Å². The van der Waals surface area contributed by atoms with Crippen LogP contribution in [0.4, 0.5) is 4.79 Å². The minimum absolute atomic E-state index is 0.0694. The van der Waals surface area contributed by atoms with Gasteiger partial charge in [0.15, 0.2) is 0 Å². The number of carbonyl (C=O) groups excluding carboxylic acids is 1. The average Bonchev–Trinajstić information content (AvgIpc) is 3.24. The Balaban J connectivity index is 1.53. The molecular weight excluding hydrogens is 408 g/mol. The van der Waals surface area contributed by atoms with E-state index in [1.54, 1.807) is 14.2 Å². The van der Waals surface area contributed by atoms with E-state index in [0.29, 0.717) is 25.1 Å². The van der Waals surface area contributed by atoms with Crippen LogP contribution in [-0.2, 0) is 6.42 Å². The molecule has 1 fully saturated rings. The summed E-state index contributed by atoms with van der Waals surface area (Å²) in [5.41, 5.74) is 2.71. The van der Waals surface area contributed by atoms with Crippen molar-refractivity contribution in [2.24, 2.45) is 0 Å². The van der Waals surface area contributed by atoms with Crippen LogP contribution in [0.15, 0.2) is 42.5 Å². The van der Waals surface area contributed by atoms with Gasteiger partial charge in [-0.15, -0.1) is 0 Å². The molecular formula is C24H30N4O4. The summed E-state index contributed by atoms with van der Waals surface area (Å²) in [6.07, 6.45) is 3.30. The monoisotopic (exact) mass is 438 g/mol. The van der Waals surface area contributed by atoms with Crippen molar-refractivity contribution in [1.29, 1.82) is 0 Å². The Kier molecular flexibility index (Phi) is 6.80. The number of H-pyrrole nitrogens is 1. The van der Waals surface area contributed by atoms with Gasteiger partial charge in [-0.2, -0.15) is 0 Å². The van der Waals surface area contributed by atoms with Gasteiger partial charge in [-0.05, 0) is 61.9 Å². The zero-order valence-electron chi connectivity index (χ0n) is 18.4. The number of hydrogen-bond donors (Lipinski definition) is 4. The van der Waals surface area contributed by atoms with Crippen LogP contribution >= 0.6 is 0 Å². The highest BCUT2D eigenvalue weighted by Gasteiger charge is 2.24. The molecule has 0 spiro atoms. The van der Waals surface area contributed by atoms with E-state index in [4.69, 9.17) is 14.5 Å². The second-order valence-corrected chi connectivity index (χ2v) is 8.23. The minimum Gasteiger partial charge on any atom is -0.497 e. The van der Waals surface area contributed by atoms with Crippen molar-refractivity contribution in [1.82, 2.24) is 20.6 Å². The average molecular weight is 439 g/mol. The number of hydrogen-bond acceptors (Lipinski definition) is 5. The molecule has 1 saturated carbocycles. The minimum atomic E-state index is -0.351. The fourth-order valence-electron chi connectivity index (χ4n) is 4.12. The molecule has 8 heteroatoms. The number of aromatic amines is 1. The molecule has 170 valence electrons. The molecule has 4 rings (SSSR count). The van der Waals surface area contributed by atoms with Crippen molar-refractivity contribution < 1.29 is 19.4 Å². The summed E-state index contributed by atoms with van der Waals surface area (Å²) in [4.78, 5) is 20.9. The summed E-state index contributed by atoms with van der Waals surface area (Å²) in [7, 11) is 3.26. The van der Waals surface area contributed by atoms with E-state index in [1.165, 1.54) is 0 Å². The van der Waals surface area contributed by atoms with Gasteiger partial charge >= 0.3 is 6.03 Å². The van der Waals surface area contributed by atoms with Gasteiger partial charge < -0.3 is 30.2 Å². The number of nitrogens with zero attached hydrogens (tertiary/aromatic N) is 1. The Hall–Kier alpha value is -3.26. The van der Waals surface area contributed by atoms with Crippen LogP contribution in [0.1, 0.15) is 43.1 Å². The summed E-state index contributed by atoms with van der Waals surface area (Å²) in [6.45, 7) is 0. The third kappa shape index (κ3) is 5.31. The molecule has 0 aliphatic heterocycles. The van der Waals surface area contributed by atoms with Crippen LogP contribution in [0.25, 0.3) is 11.0 Å². The van der Waals surface area contributed by atoms with Crippen molar-refractivity contribution in [2.45, 2.75) is 50.3 Å². The number of aliphatic hydroxyl groups excluding tert-OH is 1. The van der Waals surface area contributed by atoms with Gasteiger partial charge in [0.25, 0.3) is 0 Å². The lowest BCUT2D eigenvalue weighted by molar-refractivity contribution is 0.117. The Labute approximate surface area is 187 Å². The number of imidazole rings is 1. The van der Waals surface area contributed by atoms with E-state index in [2.05, 4.69) is 15.6 Å². The van der Waals surface area contributed by atoms with Crippen LogP contribution in [0.2, 0.25) is 0 Å². The number of fused-ring (bicyclic) bond motifs is 1. The van der Waals surface area contributed by atoms with E-state index in [1.807, 2.05) is 42.5 Å². The van der Waals surface area contributed by atoms with Crippen molar-refractivity contribution in [3.8, 4) is 11.5 Å². The number of rotatable bonds is 7. The highest BCUT2D eigenvalue weighted by molar-refractivity contribution is 5.78. The molecule has 1 aromatic heterocycles. The summed E-state index contributed by atoms with van der Waals surface area (Å²) in [5.74, 6) is 2.20. The van der Waals surface area contributed by atoms with E-state index in [0.717, 1.165) is 40.9 Å². The van der Waals surface area contributed by atoms with Crippen LogP contribution in [0.5, 0.6) is 11.5 Å². The lowest BCUT2D eigenvalue weighted by Crippen LogP contribution is -2.45. The second-order valence-electron chi connectivity index (χ2n) is 8.23. The predicted molar refractivity (Wildman–Crippen MR) is 122 cm³/mol. The molecule has 2 aromatic carbocycles. The number of methoxy groups -OCH3 is 2. The third-order valence-electron chi connectivity index (χ3n) is 5.97. The number of benzene rings is 2. The van der Waals surface area contributed by atoms with Gasteiger partial charge in [0, 0.05) is 12.1 Å². The standard InChI is InChI=1S/C24H30N4O4/c1-31-18-9-3-15(4-10-18)13-22(28-24(30)25-16-5-7-17(29)8-6-16)23-26-20-12-11-19(32-2)14-21(20)27-23/h3-4,9-12,14,16-17,22,29H,5-8,13H2,1-2H3,(H,26,27)(H2,25,28,30)/t16?,17?,22-/m1/s1. The zero-order chi connectivity index (χ0) is 22.5. The quantitative estimate of drug-likeness (QED) is 0.452. The fourth-order valence-corrected chi connectivity index (χ4v) is 4.12. The molecule has 0 bridgehead atoms. The van der Waals surface area contributed by atoms with Crippen molar-refractivity contribution >= 4 is 17.1 Å². The van der Waals surface area contributed by atoms with Crippen LogP contribution in [-0.4, -0.2) is 47.5 Å². The normalized spacial score (nSPS) is 19.3. The highest BCUT2D eigenvalue weighted by Crippen LogP contribution is 2.24. The molecule has 0 unspecified atom stereocenters. The van der Waals surface area contributed by atoms with E-state index < -0.39 is 0 Å². The number of aromatic nitrogens is 2. The number of carbonyl (C=O) groups is 1. The molecule has 32 heavy (non-hydrogen) atoms. The molecule has 0 radical (unpaired) electrons. The van der Waals surface area contributed by atoms with Gasteiger partial charge in [0.2, 0.25) is 0 Å². The molecule has 2 amide bonds. The lowest BCUT2D eigenvalue weighted by atomic mass is 9.93. The Bertz CT molecular complexity index is 1040. The number of amides is 2. The Morgan fingerprint density at radius 1 is 1.09 bits per heavy atom. The molecule has 1 aliphatic carbocycles. The summed E-state index contributed by atoms with van der Waals surface area (Å²) in [6, 6.07) is 12.9. The number of urea groups is 1. The second kappa shape index (κ2) is 9.91. The summed E-state index contributed by atoms with van der Waals surface area (Å²) in [5, 5.41) is 15.8. The van der Waals surface area contributed by atoms with E-state index >= 15 is 0 Å². The Morgan fingerprint density at radius 2 is 1.78 bits per heavy atom. The lowest BCUT2D eigenvalue weighted by Gasteiger charge is -2.27. The van der Waals surface area contributed by atoms with Crippen molar-refractivity contribution in [3.63, 3.8) is 0 Å². The molecule has 1 atom stereocenters. The number of aliphatic hydroxyl groups is 1. The molecule has 1 aliphatic rings. The first-order valence-electron chi connectivity index (χ1n) is 11.0. The molecule has 1 heterocycles. The van der Waals surface area contributed by atoms with Gasteiger partial charge in [0.1, 0.15) is 17.3 Å². The van der Waals surface area contributed by atoms with Crippen LogP contribution in [0.3, 0.4) is 0 Å². The van der Waals surface area contributed by atoms with Gasteiger partial charge in [-0.3, -0.25) is 0 Å². The molecule has 0 saturated heterocycles. The van der Waals surface area contributed by atoms with Crippen molar-refractivity contribution in [2.75, 3.05) is 14.2 Å². The van der Waals surface area contributed by atoms with Gasteiger partial charge in [0.05, 0.1) is 37.4 Å². The summed E-state index contributed by atoms with van der Waals surface area (Å²) >= 11 is 0. The fraction of sp³-hybridized carbons (Fsp3) is 0.417. The zero-order valence-corrected chi connectivity index (χ0v) is 18.4. The predicted octanol–water partition coefficient (Wildman–Crippen LogP) is 3.47. The first-order valence-corrected chi connectivity index (χ1v) is 11.0. The molecule has 3 aromatic rings. The number of ether oxygens (including phenoxy) is 2. The van der Waals surface area contributed by atoms with E-state index in [-0.39, 0.29) is 24.2 Å². The molecule has 8 nitrogen and oxygen atoms in total. The first kappa shape index (κ1) is 22.0. The van der Waals surface area contributed by atoms with Crippen LogP contribution < -0.4 is 20.1 Å². The summed E-state index contributed by atoms with van der Waals surface area (Å²) < 4.78 is 10.6. The largest absolute Gasteiger partial charge is 0.497 e. The first-order chi connectivity index (χ1) is 15.5. The maximum absolute atomic E-state index is 12.8. The maximum atomic E-state index is 12.8. The SMILES string of the molecule is COc1ccc(C[C@@H](NC(=O)NC2CCC(O)CC2)c2nc3ccc(OC)cc3[nH]2)cc1. The molecule has 4 N–H and O–H groups in total. The number of nitrogens with one attached hydrogen (secondary N) is 3. The third-order valence-corrected chi connectivity index (χ3v) is 5.97. The smallest absolute Gasteiger partial charge is 0.315 e. The maximum Gasteiger partial charge on any atom is 0.315 e. The van der Waals surface area contributed by atoms with Gasteiger partial charge in [-0.25, -0.2) is 9.78 Å². The Morgan fingerprint density at radius 3 is 2.47 bits per heavy atom. The van der Waals surface area contributed by atoms with Gasteiger partial charge in [-0.1, -0.05) is 12.1 Å². The van der Waals surface area contributed by atoms with Crippen molar-refractivity contribution in [3.05, 3.63) is 53.9 Å². The highest BCUT2D eigenvalue weighted by atomic mass is 16.5. The van der Waals surface area contributed by atoms with E-state index in [9.17, 15) is 9.90 Å².